The van der Waals surface area contributed by atoms with Gasteiger partial charge < -0.3 is 36.8 Å². The minimum atomic E-state index is -0.976. The summed E-state index contributed by atoms with van der Waals surface area (Å²) in [7, 11) is 1.85. The van der Waals surface area contributed by atoms with Gasteiger partial charge in [-0.2, -0.15) is 0 Å². The van der Waals surface area contributed by atoms with Crippen molar-refractivity contribution in [1.29, 1.82) is 0 Å². The Bertz CT molecular complexity index is 683. The molecule has 0 spiro atoms. The number of hydrogen-bond acceptors (Lipinski definition) is 7. The van der Waals surface area contributed by atoms with Crippen LogP contribution >= 0.6 is 0 Å². The van der Waals surface area contributed by atoms with E-state index in [4.69, 9.17) is 5.73 Å². The topological polar surface area (TPSA) is 148 Å². The smallest absolute Gasteiger partial charge is 0.309 e. The van der Waals surface area contributed by atoms with E-state index in [0.717, 1.165) is 77.2 Å². The number of carbonyl (C=O) groups is 1. The Labute approximate surface area is 244 Å². The molecule has 0 aromatic carbocycles. The fraction of sp³-hybridized carbons (Fsp3) is 0.969. The van der Waals surface area contributed by atoms with E-state index in [1.807, 2.05) is 7.05 Å². The molecule has 0 bridgehead atoms. The van der Waals surface area contributed by atoms with Gasteiger partial charge >= 0.3 is 5.97 Å². The number of nitrogens with one attached hydrogen (secondary N) is 2. The summed E-state index contributed by atoms with van der Waals surface area (Å²) in [6.45, 7) is 3.72. The van der Waals surface area contributed by atoms with Crippen molar-refractivity contribution in [3.63, 3.8) is 0 Å². The minimum absolute atomic E-state index is 0.0656. The van der Waals surface area contributed by atoms with Gasteiger partial charge in [-0.15, -0.1) is 0 Å². The lowest BCUT2D eigenvalue weighted by Crippen LogP contribution is -2.45. The fourth-order valence-corrected chi connectivity index (χ4v) is 7.35. The van der Waals surface area contributed by atoms with Crippen LogP contribution < -0.4 is 16.4 Å². The molecule has 0 aromatic rings. The maximum atomic E-state index is 12.1. The van der Waals surface area contributed by atoms with Crippen LogP contribution in [0.2, 0.25) is 0 Å². The second kappa shape index (κ2) is 19.4. The Morgan fingerprint density at radius 3 is 2.25 bits per heavy atom. The average molecular weight is 570 g/mol. The monoisotopic (exact) mass is 569 g/mol. The summed E-state index contributed by atoms with van der Waals surface area (Å²) in [5, 5.41) is 49.3. The number of piperidine rings is 1. The zero-order valence-corrected chi connectivity index (χ0v) is 25.7. The third kappa shape index (κ3) is 13.0. The van der Waals surface area contributed by atoms with Gasteiger partial charge in [0.05, 0.1) is 29.9 Å². The third-order valence-electron chi connectivity index (χ3n) is 9.80. The van der Waals surface area contributed by atoms with Gasteiger partial charge in [-0.1, -0.05) is 64.7 Å². The molecule has 8 nitrogen and oxygen atoms in total. The van der Waals surface area contributed by atoms with Gasteiger partial charge in [0.15, 0.2) is 0 Å². The molecule has 8 atom stereocenters. The lowest BCUT2D eigenvalue weighted by molar-refractivity contribution is -0.147. The van der Waals surface area contributed by atoms with Crippen LogP contribution in [0.15, 0.2) is 0 Å². The Kier molecular flexibility index (Phi) is 17.2. The van der Waals surface area contributed by atoms with Crippen molar-refractivity contribution in [2.45, 2.75) is 153 Å². The number of hydrogen-bond donors (Lipinski definition) is 7. The summed E-state index contributed by atoms with van der Waals surface area (Å²) >= 11 is 0. The second-order valence-corrected chi connectivity index (χ2v) is 13.2. The van der Waals surface area contributed by atoms with Crippen LogP contribution in [0.3, 0.4) is 0 Å². The normalized spacial score (nSPS) is 28.3. The molecule has 1 saturated heterocycles. The van der Waals surface area contributed by atoms with Crippen molar-refractivity contribution < 1.29 is 25.2 Å². The molecule has 2 aliphatic rings. The molecule has 2 rings (SSSR count). The quantitative estimate of drug-likeness (QED) is 0.0940. The summed E-state index contributed by atoms with van der Waals surface area (Å²) in [6.07, 6.45) is 16.5. The first kappa shape index (κ1) is 35.4. The van der Waals surface area contributed by atoms with Crippen LogP contribution in [0.5, 0.6) is 0 Å². The molecular weight excluding hydrogens is 506 g/mol. The maximum absolute atomic E-state index is 12.1. The Hall–Kier alpha value is -0.770. The van der Waals surface area contributed by atoms with Crippen LogP contribution in [0, 0.1) is 23.7 Å². The zero-order valence-electron chi connectivity index (χ0n) is 25.7. The molecule has 8 N–H and O–H groups in total. The van der Waals surface area contributed by atoms with E-state index in [-0.39, 0.29) is 18.2 Å². The molecule has 1 saturated carbocycles. The summed E-state index contributed by atoms with van der Waals surface area (Å²) in [5.41, 5.74) is 5.22. The van der Waals surface area contributed by atoms with E-state index in [0.29, 0.717) is 44.1 Å². The predicted molar refractivity (Wildman–Crippen MR) is 162 cm³/mol. The van der Waals surface area contributed by atoms with Gasteiger partial charge in [-0.05, 0) is 89.6 Å². The molecule has 1 aliphatic carbocycles. The van der Waals surface area contributed by atoms with Crippen LogP contribution in [-0.2, 0) is 4.79 Å². The lowest BCUT2D eigenvalue weighted by atomic mass is 9.77. The van der Waals surface area contributed by atoms with Gasteiger partial charge in [-0.25, -0.2) is 0 Å². The van der Waals surface area contributed by atoms with Gasteiger partial charge in [0.25, 0.3) is 0 Å². The maximum Gasteiger partial charge on any atom is 0.309 e. The number of carboxylic acid groups (broad SMARTS) is 1. The van der Waals surface area contributed by atoms with Crippen molar-refractivity contribution in [3.8, 4) is 0 Å². The number of nitrogens with two attached hydrogens (primary N) is 1. The first-order chi connectivity index (χ1) is 19.2. The highest BCUT2D eigenvalue weighted by molar-refractivity contribution is 5.70. The summed E-state index contributed by atoms with van der Waals surface area (Å²) in [4.78, 5) is 12.1. The highest BCUT2D eigenvalue weighted by Crippen LogP contribution is 2.45. The standard InChI is InChI=1S/C32H63N3O5/c1-3-4-5-6-9-12-27(36)13-10-7-8-11-14-28(31(38)39)29(37)21-26(23-34-2)32(40)17-15-25(22-32)19-24-16-18-35-30(33)20-24/h24-30,34-37,40H,3-23,33H2,1-2H3,(H,38,39). The molecule has 8 heteroatoms. The van der Waals surface area contributed by atoms with Gasteiger partial charge in [0, 0.05) is 12.5 Å². The van der Waals surface area contributed by atoms with E-state index in [1.165, 1.54) is 25.7 Å². The average Bonchev–Trinajstić information content (AvgIpc) is 3.28. The van der Waals surface area contributed by atoms with Gasteiger partial charge in [0.2, 0.25) is 0 Å². The third-order valence-corrected chi connectivity index (χ3v) is 9.80. The van der Waals surface area contributed by atoms with E-state index in [2.05, 4.69) is 17.6 Å². The Balaban J connectivity index is 1.74. The largest absolute Gasteiger partial charge is 0.481 e. The number of unbranched alkanes of at least 4 members (excludes halogenated alkanes) is 7. The van der Waals surface area contributed by atoms with Crippen molar-refractivity contribution in [1.82, 2.24) is 10.6 Å². The zero-order chi connectivity index (χ0) is 29.4. The molecule has 40 heavy (non-hydrogen) atoms. The van der Waals surface area contributed by atoms with Crippen molar-refractivity contribution in [2.24, 2.45) is 29.4 Å². The van der Waals surface area contributed by atoms with E-state index >= 15 is 0 Å². The molecule has 0 aromatic heterocycles. The summed E-state index contributed by atoms with van der Waals surface area (Å²) < 4.78 is 0. The van der Waals surface area contributed by atoms with Crippen molar-refractivity contribution in [3.05, 3.63) is 0 Å². The van der Waals surface area contributed by atoms with Crippen LogP contribution in [0.4, 0.5) is 0 Å². The molecular formula is C32H63N3O5. The highest BCUT2D eigenvalue weighted by atomic mass is 16.4. The molecule has 0 radical (unpaired) electrons. The molecule has 1 heterocycles. The SMILES string of the molecule is CCCCCCCC(O)CCCCCCC(C(=O)O)C(O)CC(CNC)C1(O)CCC(CC2CCNC(N)C2)C1. The summed E-state index contributed by atoms with van der Waals surface area (Å²) in [5.74, 6) is -0.908. The van der Waals surface area contributed by atoms with E-state index in [9.17, 15) is 25.2 Å². The van der Waals surface area contributed by atoms with E-state index < -0.39 is 23.6 Å². The van der Waals surface area contributed by atoms with Gasteiger partial charge in [0.1, 0.15) is 0 Å². The number of rotatable bonds is 22. The number of carboxylic acids is 1. The lowest BCUT2D eigenvalue weighted by Gasteiger charge is -2.36. The predicted octanol–water partition coefficient (Wildman–Crippen LogP) is 4.54. The van der Waals surface area contributed by atoms with Crippen molar-refractivity contribution in [2.75, 3.05) is 20.1 Å². The van der Waals surface area contributed by atoms with Gasteiger partial charge in [-0.3, -0.25) is 4.79 Å². The fourth-order valence-electron chi connectivity index (χ4n) is 7.35. The highest BCUT2D eigenvalue weighted by Gasteiger charge is 2.45. The first-order valence-corrected chi connectivity index (χ1v) is 16.6. The Morgan fingerprint density at radius 2 is 1.65 bits per heavy atom. The van der Waals surface area contributed by atoms with Crippen LogP contribution in [0.25, 0.3) is 0 Å². The van der Waals surface area contributed by atoms with E-state index in [1.54, 1.807) is 0 Å². The Morgan fingerprint density at radius 1 is 1.00 bits per heavy atom. The second-order valence-electron chi connectivity index (χ2n) is 13.2. The summed E-state index contributed by atoms with van der Waals surface area (Å²) in [6, 6.07) is 0. The van der Waals surface area contributed by atoms with Crippen LogP contribution in [-0.4, -0.2) is 70.5 Å². The molecule has 1 aliphatic heterocycles. The number of aliphatic carboxylic acids is 1. The van der Waals surface area contributed by atoms with Crippen LogP contribution in [0.1, 0.15) is 129 Å². The first-order valence-electron chi connectivity index (χ1n) is 16.6. The number of aliphatic hydroxyl groups is 3. The molecule has 8 unspecified atom stereocenters. The molecule has 0 amide bonds. The minimum Gasteiger partial charge on any atom is -0.481 e. The number of aliphatic hydroxyl groups excluding tert-OH is 2. The molecule has 236 valence electrons. The van der Waals surface area contributed by atoms with Crippen molar-refractivity contribution >= 4 is 5.97 Å². The molecule has 2 fully saturated rings.